The SMILES string of the molecule is CC[C@H](C)[C@H](NC(=O)N(C)C1CCOC1)C(=O)O. The molecule has 0 radical (unpaired) electrons. The van der Waals surface area contributed by atoms with Crippen LogP contribution in [0.1, 0.15) is 26.7 Å². The molecule has 1 saturated heterocycles. The highest BCUT2D eigenvalue weighted by atomic mass is 16.5. The van der Waals surface area contributed by atoms with Gasteiger partial charge in [-0.3, -0.25) is 0 Å². The van der Waals surface area contributed by atoms with E-state index in [0.29, 0.717) is 19.6 Å². The van der Waals surface area contributed by atoms with Gasteiger partial charge in [0, 0.05) is 13.7 Å². The highest BCUT2D eigenvalue weighted by Gasteiger charge is 2.29. The zero-order valence-electron chi connectivity index (χ0n) is 11.2. The lowest BCUT2D eigenvalue weighted by molar-refractivity contribution is -0.140. The summed E-state index contributed by atoms with van der Waals surface area (Å²) in [5.41, 5.74) is 0. The summed E-state index contributed by atoms with van der Waals surface area (Å²) >= 11 is 0. The lowest BCUT2D eigenvalue weighted by atomic mass is 9.99. The van der Waals surface area contributed by atoms with E-state index in [1.165, 1.54) is 4.90 Å². The zero-order chi connectivity index (χ0) is 13.7. The number of nitrogens with zero attached hydrogens (tertiary/aromatic N) is 1. The molecule has 0 bridgehead atoms. The fourth-order valence-corrected chi connectivity index (χ4v) is 1.91. The molecular weight excluding hydrogens is 236 g/mol. The van der Waals surface area contributed by atoms with Crippen LogP contribution in [0.3, 0.4) is 0 Å². The first-order valence-corrected chi connectivity index (χ1v) is 6.31. The molecule has 18 heavy (non-hydrogen) atoms. The third-order valence-electron chi connectivity index (χ3n) is 3.53. The van der Waals surface area contributed by atoms with Gasteiger partial charge in [0.1, 0.15) is 6.04 Å². The molecule has 104 valence electrons. The number of aliphatic carboxylic acids is 1. The lowest BCUT2D eigenvalue weighted by Gasteiger charge is -2.27. The van der Waals surface area contributed by atoms with Gasteiger partial charge in [0.25, 0.3) is 0 Å². The number of hydrogen-bond donors (Lipinski definition) is 2. The normalized spacial score (nSPS) is 22.3. The molecule has 0 aromatic rings. The topological polar surface area (TPSA) is 78.9 Å². The first-order valence-electron chi connectivity index (χ1n) is 6.31. The Kier molecular flexibility index (Phi) is 5.40. The van der Waals surface area contributed by atoms with Gasteiger partial charge < -0.3 is 20.1 Å². The Morgan fingerprint density at radius 3 is 2.67 bits per heavy atom. The molecule has 0 aromatic carbocycles. The van der Waals surface area contributed by atoms with Crippen LogP contribution in [0, 0.1) is 5.92 Å². The molecular formula is C12H22N2O4. The number of carbonyl (C=O) groups is 2. The summed E-state index contributed by atoms with van der Waals surface area (Å²) in [4.78, 5) is 24.6. The van der Waals surface area contributed by atoms with Crippen LogP contribution in [0.4, 0.5) is 4.79 Å². The number of urea groups is 1. The van der Waals surface area contributed by atoms with Crippen molar-refractivity contribution >= 4 is 12.0 Å². The second-order valence-electron chi connectivity index (χ2n) is 4.78. The molecule has 1 fully saturated rings. The molecule has 1 rings (SSSR count). The average Bonchev–Trinajstić information content (AvgIpc) is 2.87. The van der Waals surface area contributed by atoms with Crippen molar-refractivity contribution in [3.05, 3.63) is 0 Å². The quantitative estimate of drug-likeness (QED) is 0.768. The van der Waals surface area contributed by atoms with Gasteiger partial charge in [-0.25, -0.2) is 9.59 Å². The van der Waals surface area contributed by atoms with E-state index in [0.717, 1.165) is 6.42 Å². The third kappa shape index (κ3) is 3.60. The maximum atomic E-state index is 12.0. The van der Waals surface area contributed by atoms with Gasteiger partial charge in [-0.2, -0.15) is 0 Å². The third-order valence-corrected chi connectivity index (χ3v) is 3.53. The summed E-state index contributed by atoms with van der Waals surface area (Å²) in [5.74, 6) is -1.09. The van der Waals surface area contributed by atoms with Crippen LogP contribution < -0.4 is 5.32 Å². The standard InChI is InChI=1S/C12H22N2O4/c1-4-8(2)10(11(15)16)13-12(17)14(3)9-5-6-18-7-9/h8-10H,4-7H2,1-3H3,(H,13,17)(H,15,16)/t8-,9?,10-/m0/s1. The molecule has 1 aliphatic rings. The monoisotopic (exact) mass is 258 g/mol. The second-order valence-corrected chi connectivity index (χ2v) is 4.78. The van der Waals surface area contributed by atoms with E-state index in [1.807, 2.05) is 13.8 Å². The van der Waals surface area contributed by atoms with Crippen LogP contribution in [0.15, 0.2) is 0 Å². The van der Waals surface area contributed by atoms with E-state index in [1.54, 1.807) is 7.05 Å². The smallest absolute Gasteiger partial charge is 0.326 e. The Balaban J connectivity index is 2.57. The molecule has 1 aliphatic heterocycles. The second kappa shape index (κ2) is 6.58. The molecule has 6 heteroatoms. The van der Waals surface area contributed by atoms with E-state index in [-0.39, 0.29) is 18.0 Å². The molecule has 2 amide bonds. The summed E-state index contributed by atoms with van der Waals surface area (Å²) in [7, 11) is 1.67. The largest absolute Gasteiger partial charge is 0.480 e. The molecule has 0 spiro atoms. The van der Waals surface area contributed by atoms with Crippen molar-refractivity contribution < 1.29 is 19.4 Å². The summed E-state index contributed by atoms with van der Waals surface area (Å²) < 4.78 is 5.21. The Morgan fingerprint density at radius 2 is 2.22 bits per heavy atom. The molecule has 0 saturated carbocycles. The first-order chi connectivity index (χ1) is 8.47. The van der Waals surface area contributed by atoms with Gasteiger partial charge in [-0.15, -0.1) is 0 Å². The highest BCUT2D eigenvalue weighted by molar-refractivity contribution is 5.82. The minimum Gasteiger partial charge on any atom is -0.480 e. The number of likely N-dealkylation sites (N-methyl/N-ethyl adjacent to an activating group) is 1. The number of rotatable bonds is 5. The number of carboxylic acids is 1. The maximum absolute atomic E-state index is 12.0. The Bertz CT molecular complexity index is 302. The Hall–Kier alpha value is -1.30. The van der Waals surface area contributed by atoms with E-state index in [9.17, 15) is 9.59 Å². The van der Waals surface area contributed by atoms with Crippen LogP contribution in [0.5, 0.6) is 0 Å². The minimum absolute atomic E-state index is 0.0383. The molecule has 1 heterocycles. The van der Waals surface area contributed by atoms with Crippen molar-refractivity contribution in [2.75, 3.05) is 20.3 Å². The summed E-state index contributed by atoms with van der Waals surface area (Å²) in [6, 6.07) is -1.15. The minimum atomic E-state index is -0.992. The summed E-state index contributed by atoms with van der Waals surface area (Å²) in [6.45, 7) is 4.89. The fraction of sp³-hybridized carbons (Fsp3) is 0.833. The van der Waals surface area contributed by atoms with E-state index >= 15 is 0 Å². The number of carbonyl (C=O) groups excluding carboxylic acids is 1. The Labute approximate surface area is 107 Å². The number of nitrogens with one attached hydrogen (secondary N) is 1. The van der Waals surface area contributed by atoms with Gasteiger partial charge in [0.15, 0.2) is 0 Å². The number of carboxylic acid groups (broad SMARTS) is 1. The Morgan fingerprint density at radius 1 is 1.56 bits per heavy atom. The van der Waals surface area contributed by atoms with Gasteiger partial charge in [0.2, 0.25) is 0 Å². The van der Waals surface area contributed by atoms with Crippen molar-refractivity contribution in [2.45, 2.75) is 38.8 Å². The lowest BCUT2D eigenvalue weighted by Crippen LogP contribution is -2.52. The average molecular weight is 258 g/mol. The summed E-state index contributed by atoms with van der Waals surface area (Å²) in [5, 5.41) is 11.7. The van der Waals surface area contributed by atoms with Crippen molar-refractivity contribution in [2.24, 2.45) is 5.92 Å². The molecule has 0 aliphatic carbocycles. The van der Waals surface area contributed by atoms with Crippen molar-refractivity contribution in [1.82, 2.24) is 10.2 Å². The number of ether oxygens (including phenoxy) is 1. The van der Waals surface area contributed by atoms with Crippen LogP contribution in [0.2, 0.25) is 0 Å². The fourth-order valence-electron chi connectivity index (χ4n) is 1.91. The molecule has 1 unspecified atom stereocenters. The van der Waals surface area contributed by atoms with Crippen molar-refractivity contribution in [1.29, 1.82) is 0 Å². The number of amides is 2. The van der Waals surface area contributed by atoms with E-state index in [4.69, 9.17) is 9.84 Å². The van der Waals surface area contributed by atoms with E-state index in [2.05, 4.69) is 5.32 Å². The molecule has 3 atom stereocenters. The predicted octanol–water partition coefficient (Wildman–Crippen LogP) is 0.916. The van der Waals surface area contributed by atoms with Crippen LogP contribution in [0.25, 0.3) is 0 Å². The van der Waals surface area contributed by atoms with Crippen LogP contribution >= 0.6 is 0 Å². The van der Waals surface area contributed by atoms with Crippen molar-refractivity contribution in [3.8, 4) is 0 Å². The summed E-state index contributed by atoms with van der Waals surface area (Å²) in [6.07, 6.45) is 1.50. The van der Waals surface area contributed by atoms with Gasteiger partial charge >= 0.3 is 12.0 Å². The zero-order valence-corrected chi connectivity index (χ0v) is 11.2. The van der Waals surface area contributed by atoms with Crippen LogP contribution in [-0.2, 0) is 9.53 Å². The highest BCUT2D eigenvalue weighted by Crippen LogP contribution is 2.12. The number of hydrogen-bond acceptors (Lipinski definition) is 3. The first kappa shape index (κ1) is 14.8. The van der Waals surface area contributed by atoms with Gasteiger partial charge in [0.05, 0.1) is 12.6 Å². The van der Waals surface area contributed by atoms with Gasteiger partial charge in [-0.1, -0.05) is 20.3 Å². The molecule has 2 N–H and O–H groups in total. The van der Waals surface area contributed by atoms with Crippen molar-refractivity contribution in [3.63, 3.8) is 0 Å². The molecule has 6 nitrogen and oxygen atoms in total. The predicted molar refractivity (Wildman–Crippen MR) is 66.4 cm³/mol. The van der Waals surface area contributed by atoms with E-state index < -0.39 is 12.0 Å². The maximum Gasteiger partial charge on any atom is 0.326 e. The van der Waals surface area contributed by atoms with Gasteiger partial charge in [-0.05, 0) is 12.3 Å². The van der Waals surface area contributed by atoms with Crippen LogP contribution in [-0.4, -0.2) is 54.4 Å². The molecule has 0 aromatic heterocycles.